The Morgan fingerprint density at radius 1 is 0.944 bits per heavy atom. The first kappa shape index (κ1) is 12.1. The third-order valence-corrected chi connectivity index (χ3v) is 2.64. The van der Waals surface area contributed by atoms with E-state index in [0.29, 0.717) is 16.9 Å². The molecule has 2 radical (unpaired) electrons. The first-order chi connectivity index (χ1) is 8.72. The van der Waals surface area contributed by atoms with E-state index in [2.05, 4.69) is 0 Å². The summed E-state index contributed by atoms with van der Waals surface area (Å²) in [5.41, 5.74) is 1.10. The number of carbonyl (C=O) groups is 1. The summed E-state index contributed by atoms with van der Waals surface area (Å²) >= 11 is 0. The molecule has 2 rings (SSSR count). The van der Waals surface area contributed by atoms with Crippen molar-refractivity contribution < 1.29 is 9.53 Å². The van der Waals surface area contributed by atoms with Crippen LogP contribution in [0.4, 0.5) is 0 Å². The van der Waals surface area contributed by atoms with E-state index in [1.807, 2.05) is 6.07 Å². The Morgan fingerprint density at radius 3 is 2.11 bits per heavy atom. The van der Waals surface area contributed by atoms with Crippen LogP contribution in [0, 0.1) is 6.58 Å². The zero-order valence-corrected chi connectivity index (χ0v) is 10.0. The average molecular weight is 236 g/mol. The Kier molecular flexibility index (Phi) is 3.58. The number of Topliss-reactive ketones (excluding diaryl/α,β-unsaturated/α-hetero) is 1. The number of ether oxygens (including phenoxy) is 1. The fraction of sp³-hybridized carbons (Fsp3) is 0.0625. The van der Waals surface area contributed by atoms with Gasteiger partial charge in [0.05, 0.1) is 7.11 Å². The number of ketones is 1. The topological polar surface area (TPSA) is 26.3 Å². The van der Waals surface area contributed by atoms with Gasteiger partial charge in [-0.05, 0) is 17.7 Å². The molecule has 0 amide bonds. The minimum Gasteiger partial charge on any atom is -0.497 e. The first-order valence-electron chi connectivity index (χ1n) is 5.55. The zero-order chi connectivity index (χ0) is 13.0. The van der Waals surface area contributed by atoms with Crippen molar-refractivity contribution in [1.29, 1.82) is 0 Å². The highest BCUT2D eigenvalue weighted by Gasteiger charge is 2.12. The van der Waals surface area contributed by atoms with Gasteiger partial charge in [0, 0.05) is 17.7 Å². The van der Waals surface area contributed by atoms with Crippen LogP contribution in [-0.4, -0.2) is 12.9 Å². The molecule has 0 saturated carbocycles. The number of allylic oxidation sites excluding steroid dienone is 1. The largest absolute Gasteiger partial charge is 0.497 e. The zero-order valence-electron chi connectivity index (χ0n) is 10.0. The van der Waals surface area contributed by atoms with Gasteiger partial charge in [-0.15, -0.1) is 0 Å². The summed E-state index contributed by atoms with van der Waals surface area (Å²) in [4.78, 5) is 12.0. The molecule has 2 heteroatoms. The summed E-state index contributed by atoms with van der Waals surface area (Å²) in [5.74, 6) is 0.430. The molecule has 0 unspecified atom stereocenters. The van der Waals surface area contributed by atoms with E-state index in [1.54, 1.807) is 55.6 Å². The van der Waals surface area contributed by atoms with Crippen LogP contribution < -0.4 is 4.74 Å². The second-order valence-corrected chi connectivity index (χ2v) is 3.80. The predicted octanol–water partition coefficient (Wildman–Crippen LogP) is 3.27. The molecule has 2 aromatic carbocycles. The van der Waals surface area contributed by atoms with Crippen LogP contribution in [-0.2, 0) is 0 Å². The Balaban J connectivity index is 2.23. The van der Waals surface area contributed by atoms with Gasteiger partial charge in [0.2, 0.25) is 0 Å². The van der Waals surface area contributed by atoms with E-state index in [-0.39, 0.29) is 11.4 Å². The van der Waals surface area contributed by atoms with Gasteiger partial charge in [0.15, 0.2) is 5.78 Å². The molecule has 0 atom stereocenters. The Labute approximate surface area is 107 Å². The van der Waals surface area contributed by atoms with E-state index >= 15 is 0 Å². The van der Waals surface area contributed by atoms with Gasteiger partial charge in [0.25, 0.3) is 0 Å². The Hall–Kier alpha value is -2.35. The van der Waals surface area contributed by atoms with Crippen molar-refractivity contribution in [2.75, 3.05) is 7.11 Å². The Morgan fingerprint density at radius 2 is 1.56 bits per heavy atom. The molecular weight excluding hydrogens is 224 g/mol. The molecule has 18 heavy (non-hydrogen) atoms. The molecule has 2 nitrogen and oxygen atoms in total. The van der Waals surface area contributed by atoms with Crippen molar-refractivity contribution >= 4 is 11.4 Å². The highest BCUT2D eigenvalue weighted by atomic mass is 16.5. The van der Waals surface area contributed by atoms with E-state index in [1.165, 1.54) is 0 Å². The van der Waals surface area contributed by atoms with Crippen molar-refractivity contribution in [3.8, 4) is 5.75 Å². The SMILES string of the molecule is [C]=C(C(=O)c1ccccc1)c1ccc(OC)cc1. The summed E-state index contributed by atoms with van der Waals surface area (Å²) in [7, 11) is 1.58. The summed E-state index contributed by atoms with van der Waals surface area (Å²) in [6, 6.07) is 15.7. The molecule has 0 aromatic heterocycles. The Bertz CT molecular complexity index is 553. The molecule has 0 aliphatic carbocycles. The molecule has 0 aliphatic heterocycles. The van der Waals surface area contributed by atoms with Crippen molar-refractivity contribution in [3.63, 3.8) is 0 Å². The van der Waals surface area contributed by atoms with Gasteiger partial charge in [0.1, 0.15) is 5.75 Å². The molecule has 0 bridgehead atoms. The fourth-order valence-corrected chi connectivity index (χ4v) is 1.62. The van der Waals surface area contributed by atoms with E-state index in [0.717, 1.165) is 0 Å². The molecule has 0 saturated heterocycles. The van der Waals surface area contributed by atoms with Gasteiger partial charge in [-0.25, -0.2) is 0 Å². The summed E-state index contributed by atoms with van der Waals surface area (Å²) in [6.45, 7) is 7.91. The maximum atomic E-state index is 12.0. The van der Waals surface area contributed by atoms with Gasteiger partial charge in [-0.1, -0.05) is 42.5 Å². The summed E-state index contributed by atoms with van der Waals surface area (Å²) in [5, 5.41) is 0. The lowest BCUT2D eigenvalue weighted by molar-refractivity contribution is 0.105. The van der Waals surface area contributed by atoms with Crippen LogP contribution in [0.25, 0.3) is 5.57 Å². The normalized spacial score (nSPS) is 9.83. The standard InChI is InChI=1S/C16H12O2/c1-12(13-8-10-15(18-2)11-9-13)16(17)14-6-4-3-5-7-14/h3-11H,2H3. The number of hydrogen-bond donors (Lipinski definition) is 0. The highest BCUT2D eigenvalue weighted by molar-refractivity contribution is 6.27. The van der Waals surface area contributed by atoms with Crippen molar-refractivity contribution in [2.45, 2.75) is 0 Å². The van der Waals surface area contributed by atoms with Gasteiger partial charge < -0.3 is 4.74 Å². The second kappa shape index (κ2) is 5.32. The van der Waals surface area contributed by atoms with Crippen LogP contribution in [0.3, 0.4) is 0 Å². The van der Waals surface area contributed by atoms with E-state index in [4.69, 9.17) is 11.3 Å². The maximum absolute atomic E-state index is 12.0. The van der Waals surface area contributed by atoms with E-state index < -0.39 is 0 Å². The monoisotopic (exact) mass is 236 g/mol. The van der Waals surface area contributed by atoms with Gasteiger partial charge in [-0.3, -0.25) is 4.79 Å². The first-order valence-corrected chi connectivity index (χ1v) is 5.55. The molecule has 0 heterocycles. The highest BCUT2D eigenvalue weighted by Crippen LogP contribution is 2.20. The predicted molar refractivity (Wildman–Crippen MR) is 70.4 cm³/mol. The number of carbonyl (C=O) groups excluding carboxylic acids is 1. The molecule has 2 aromatic rings. The minimum absolute atomic E-state index is 0.0103. The number of hydrogen-bond acceptors (Lipinski definition) is 2. The molecule has 0 aliphatic rings. The molecule has 88 valence electrons. The molecule has 0 spiro atoms. The smallest absolute Gasteiger partial charge is 0.194 e. The number of rotatable bonds is 4. The van der Waals surface area contributed by atoms with E-state index in [9.17, 15) is 4.79 Å². The van der Waals surface area contributed by atoms with Crippen molar-refractivity contribution in [3.05, 3.63) is 72.3 Å². The lowest BCUT2D eigenvalue weighted by Crippen LogP contribution is -2.01. The van der Waals surface area contributed by atoms with Gasteiger partial charge in [-0.2, -0.15) is 0 Å². The lowest BCUT2D eigenvalue weighted by atomic mass is 9.98. The second-order valence-electron chi connectivity index (χ2n) is 3.80. The van der Waals surface area contributed by atoms with Gasteiger partial charge >= 0.3 is 0 Å². The maximum Gasteiger partial charge on any atom is 0.194 e. The molecule has 0 N–H and O–H groups in total. The van der Waals surface area contributed by atoms with Crippen molar-refractivity contribution in [1.82, 2.24) is 0 Å². The summed E-state index contributed by atoms with van der Waals surface area (Å²) in [6.07, 6.45) is 0. The minimum atomic E-state index is -0.277. The number of benzene rings is 2. The third-order valence-electron chi connectivity index (χ3n) is 2.64. The van der Waals surface area contributed by atoms with Crippen LogP contribution in [0.1, 0.15) is 15.9 Å². The van der Waals surface area contributed by atoms with Crippen LogP contribution in [0.5, 0.6) is 5.75 Å². The third kappa shape index (κ3) is 2.48. The van der Waals surface area contributed by atoms with Crippen LogP contribution in [0.15, 0.2) is 54.6 Å². The lowest BCUT2D eigenvalue weighted by Gasteiger charge is -2.06. The fourth-order valence-electron chi connectivity index (χ4n) is 1.62. The number of methoxy groups -OCH3 is 1. The molecular formula is C16H12O2. The quantitative estimate of drug-likeness (QED) is 0.601. The van der Waals surface area contributed by atoms with Crippen LogP contribution in [0.2, 0.25) is 0 Å². The van der Waals surface area contributed by atoms with Crippen molar-refractivity contribution in [2.24, 2.45) is 0 Å². The van der Waals surface area contributed by atoms with Crippen LogP contribution >= 0.6 is 0 Å². The average Bonchev–Trinajstić information content (AvgIpc) is 2.47. The summed E-state index contributed by atoms with van der Waals surface area (Å²) < 4.78 is 5.04. The molecule has 0 fully saturated rings.